The zero-order valence-corrected chi connectivity index (χ0v) is 6.54. The van der Waals surface area contributed by atoms with Crippen molar-refractivity contribution in [2.75, 3.05) is 26.7 Å². The fraction of sp³-hybridized carbons (Fsp3) is 0.857. The van der Waals surface area contributed by atoms with Crippen LogP contribution in [0.1, 0.15) is 6.92 Å². The normalized spacial score (nSPS) is 41.0. The van der Waals surface area contributed by atoms with Crippen molar-refractivity contribution in [2.24, 2.45) is 4.99 Å². The first kappa shape index (κ1) is 6.31. The van der Waals surface area contributed by atoms with E-state index in [4.69, 9.17) is 0 Å². The summed E-state index contributed by atoms with van der Waals surface area (Å²) in [6.07, 6.45) is 2.01. The van der Waals surface area contributed by atoms with Crippen molar-refractivity contribution in [3.05, 3.63) is 0 Å². The van der Waals surface area contributed by atoms with Gasteiger partial charge in [-0.05, 0) is 14.0 Å². The second-order valence-corrected chi connectivity index (χ2v) is 3.15. The third kappa shape index (κ3) is 0.592. The standard InChI is InChI=1S/C7H13N3/c1-7-8-3-4-10(7)6-5-9(7)2/h3H,4-6H2,1-2H3. The van der Waals surface area contributed by atoms with Gasteiger partial charge in [-0.3, -0.25) is 14.8 Å². The molecule has 0 radical (unpaired) electrons. The second kappa shape index (κ2) is 1.80. The Morgan fingerprint density at radius 3 is 3.00 bits per heavy atom. The van der Waals surface area contributed by atoms with Crippen LogP contribution in [0.25, 0.3) is 0 Å². The molecule has 0 aromatic rings. The van der Waals surface area contributed by atoms with E-state index in [-0.39, 0.29) is 5.79 Å². The highest BCUT2D eigenvalue weighted by atomic mass is 15.5. The van der Waals surface area contributed by atoms with Gasteiger partial charge in [0.1, 0.15) is 0 Å². The van der Waals surface area contributed by atoms with Crippen molar-refractivity contribution in [3.63, 3.8) is 0 Å². The molecule has 3 nitrogen and oxygen atoms in total. The van der Waals surface area contributed by atoms with Gasteiger partial charge in [0, 0.05) is 25.8 Å². The predicted octanol–water partition coefficient (Wildman–Crippen LogP) is -0.00810. The number of likely N-dealkylation sites (N-methyl/N-ethyl adjacent to an activating group) is 1. The van der Waals surface area contributed by atoms with Crippen LogP contribution in [-0.2, 0) is 0 Å². The van der Waals surface area contributed by atoms with E-state index < -0.39 is 0 Å². The summed E-state index contributed by atoms with van der Waals surface area (Å²) in [5.74, 6) is 0. The number of fused-ring (bicyclic) bond motifs is 1. The molecule has 0 N–H and O–H groups in total. The lowest BCUT2D eigenvalue weighted by Gasteiger charge is -2.30. The summed E-state index contributed by atoms with van der Waals surface area (Å²) in [4.78, 5) is 9.11. The molecule has 56 valence electrons. The Bertz CT molecular complexity index is 178. The molecule has 3 heteroatoms. The third-order valence-corrected chi connectivity index (χ3v) is 2.67. The van der Waals surface area contributed by atoms with Gasteiger partial charge in [0.05, 0.1) is 0 Å². The number of aliphatic imine (C=N–C) groups is 1. The van der Waals surface area contributed by atoms with Crippen molar-refractivity contribution >= 4 is 6.21 Å². The van der Waals surface area contributed by atoms with Crippen molar-refractivity contribution in [3.8, 4) is 0 Å². The van der Waals surface area contributed by atoms with Crippen LogP contribution in [0, 0.1) is 0 Å². The third-order valence-electron chi connectivity index (χ3n) is 2.67. The summed E-state index contributed by atoms with van der Waals surface area (Å²) in [7, 11) is 2.13. The van der Waals surface area contributed by atoms with Crippen molar-refractivity contribution in [2.45, 2.75) is 12.7 Å². The lowest BCUT2D eigenvalue weighted by molar-refractivity contribution is 0.0856. The molecule has 1 atom stereocenters. The minimum atomic E-state index is 0. The fourth-order valence-electron chi connectivity index (χ4n) is 1.69. The molecule has 2 rings (SSSR count). The van der Waals surface area contributed by atoms with Crippen LogP contribution in [0.3, 0.4) is 0 Å². The molecule has 0 spiro atoms. The van der Waals surface area contributed by atoms with Crippen LogP contribution < -0.4 is 0 Å². The molecule has 1 unspecified atom stereocenters. The summed E-state index contributed by atoms with van der Waals surface area (Å²) in [6, 6.07) is 0. The van der Waals surface area contributed by atoms with E-state index >= 15 is 0 Å². The van der Waals surface area contributed by atoms with Crippen molar-refractivity contribution in [1.29, 1.82) is 0 Å². The van der Waals surface area contributed by atoms with Crippen LogP contribution in [0.15, 0.2) is 4.99 Å². The molecule has 0 amide bonds. The average Bonchev–Trinajstić information content (AvgIpc) is 2.36. The smallest absolute Gasteiger partial charge is 0.166 e. The van der Waals surface area contributed by atoms with Crippen molar-refractivity contribution < 1.29 is 0 Å². The highest BCUT2D eigenvalue weighted by Crippen LogP contribution is 2.28. The molecule has 2 aliphatic rings. The first-order chi connectivity index (χ1) is 4.73. The Kier molecular flexibility index (Phi) is 1.13. The summed E-state index contributed by atoms with van der Waals surface area (Å²) < 4.78 is 0. The van der Waals surface area contributed by atoms with Gasteiger partial charge >= 0.3 is 0 Å². The van der Waals surface area contributed by atoms with Gasteiger partial charge in [-0.15, -0.1) is 0 Å². The molecule has 0 aliphatic carbocycles. The van der Waals surface area contributed by atoms with E-state index in [0.717, 1.165) is 19.6 Å². The molecule has 0 saturated carbocycles. The molecule has 1 saturated heterocycles. The Labute approximate surface area is 61.3 Å². The Morgan fingerprint density at radius 1 is 1.50 bits per heavy atom. The Morgan fingerprint density at radius 2 is 2.30 bits per heavy atom. The summed E-state index contributed by atoms with van der Waals surface area (Å²) in [5, 5.41) is 0. The topological polar surface area (TPSA) is 18.8 Å². The van der Waals surface area contributed by atoms with Gasteiger partial charge in [-0.25, -0.2) is 0 Å². The van der Waals surface area contributed by atoms with E-state index in [2.05, 4.69) is 28.8 Å². The largest absolute Gasteiger partial charge is 0.269 e. The molecule has 0 bridgehead atoms. The molecular weight excluding hydrogens is 126 g/mol. The molecule has 10 heavy (non-hydrogen) atoms. The SMILES string of the molecule is CN1CCN2CC=NC12C. The number of hydrogen-bond donors (Lipinski definition) is 0. The summed E-state index contributed by atoms with van der Waals surface area (Å²) in [5.41, 5.74) is 0. The molecular formula is C7H13N3. The van der Waals surface area contributed by atoms with Crippen LogP contribution in [-0.4, -0.2) is 48.5 Å². The Hall–Kier alpha value is -0.410. The zero-order chi connectivity index (χ0) is 7.19. The lowest BCUT2D eigenvalue weighted by atomic mass is 10.4. The maximum atomic E-state index is 4.44. The molecule has 1 fully saturated rings. The summed E-state index contributed by atoms with van der Waals surface area (Å²) >= 11 is 0. The van der Waals surface area contributed by atoms with Crippen LogP contribution in [0.4, 0.5) is 0 Å². The van der Waals surface area contributed by atoms with Crippen LogP contribution in [0.2, 0.25) is 0 Å². The quantitative estimate of drug-likeness (QED) is 0.470. The van der Waals surface area contributed by atoms with Gasteiger partial charge in [0.2, 0.25) is 0 Å². The highest BCUT2D eigenvalue weighted by molar-refractivity contribution is 5.63. The second-order valence-electron chi connectivity index (χ2n) is 3.15. The Balaban J connectivity index is 2.29. The maximum absolute atomic E-state index is 4.44. The predicted molar refractivity (Wildman–Crippen MR) is 41.1 cm³/mol. The van der Waals surface area contributed by atoms with Gasteiger partial charge in [-0.2, -0.15) is 0 Å². The number of nitrogens with zero attached hydrogens (tertiary/aromatic N) is 3. The van der Waals surface area contributed by atoms with E-state index in [1.807, 2.05) is 6.21 Å². The number of rotatable bonds is 0. The minimum Gasteiger partial charge on any atom is -0.269 e. The van der Waals surface area contributed by atoms with Crippen molar-refractivity contribution in [1.82, 2.24) is 9.80 Å². The number of hydrogen-bond acceptors (Lipinski definition) is 3. The minimum absolute atomic E-state index is 0. The summed E-state index contributed by atoms with van der Waals surface area (Å²) in [6.45, 7) is 5.51. The van der Waals surface area contributed by atoms with E-state index in [0.29, 0.717) is 0 Å². The molecule has 0 aromatic carbocycles. The van der Waals surface area contributed by atoms with E-state index in [9.17, 15) is 0 Å². The highest BCUT2D eigenvalue weighted by Gasteiger charge is 2.42. The first-order valence-corrected chi connectivity index (χ1v) is 3.73. The van der Waals surface area contributed by atoms with Gasteiger partial charge < -0.3 is 0 Å². The van der Waals surface area contributed by atoms with Crippen LogP contribution >= 0.6 is 0 Å². The van der Waals surface area contributed by atoms with Gasteiger partial charge in [-0.1, -0.05) is 0 Å². The van der Waals surface area contributed by atoms with E-state index in [1.54, 1.807) is 0 Å². The monoisotopic (exact) mass is 139 g/mol. The maximum Gasteiger partial charge on any atom is 0.166 e. The molecule has 0 aromatic heterocycles. The fourth-order valence-corrected chi connectivity index (χ4v) is 1.69. The molecule has 2 aliphatic heterocycles. The van der Waals surface area contributed by atoms with Crippen LogP contribution in [0.5, 0.6) is 0 Å². The lowest BCUT2D eigenvalue weighted by Crippen LogP contribution is -2.44. The van der Waals surface area contributed by atoms with E-state index in [1.165, 1.54) is 0 Å². The zero-order valence-electron chi connectivity index (χ0n) is 6.54. The van der Waals surface area contributed by atoms with Gasteiger partial charge in [0.25, 0.3) is 0 Å². The first-order valence-electron chi connectivity index (χ1n) is 3.73. The van der Waals surface area contributed by atoms with Gasteiger partial charge in [0.15, 0.2) is 5.79 Å². The molecule has 2 heterocycles. The average molecular weight is 139 g/mol.